The molecule has 0 aromatic heterocycles. The summed E-state index contributed by atoms with van der Waals surface area (Å²) in [4.78, 5) is 19.6. The van der Waals surface area contributed by atoms with Gasteiger partial charge < -0.3 is 14.4 Å². The number of morpholine rings is 1. The lowest BCUT2D eigenvalue weighted by molar-refractivity contribution is -0.113. The van der Waals surface area contributed by atoms with E-state index in [0.717, 1.165) is 29.4 Å². The Morgan fingerprint density at radius 3 is 2.69 bits per heavy atom. The van der Waals surface area contributed by atoms with Crippen LogP contribution in [0.3, 0.4) is 0 Å². The van der Waals surface area contributed by atoms with Crippen LogP contribution in [0.4, 0.5) is 4.39 Å². The van der Waals surface area contributed by atoms with Gasteiger partial charge in [-0.2, -0.15) is 4.99 Å². The molecule has 7 heteroatoms. The zero-order valence-electron chi connectivity index (χ0n) is 17.3. The van der Waals surface area contributed by atoms with Gasteiger partial charge in [0.2, 0.25) is 0 Å². The number of ether oxygens (including phenoxy) is 2. The van der Waals surface area contributed by atoms with Crippen LogP contribution in [0.5, 0.6) is 5.75 Å². The monoisotopic (exact) mass is 448 g/mol. The number of nitrogens with zero attached hydrogens (tertiary/aromatic N) is 2. The van der Waals surface area contributed by atoms with E-state index < -0.39 is 0 Å². The highest BCUT2D eigenvalue weighted by Gasteiger charge is 2.27. The Hall–Kier alpha value is -3.16. The van der Waals surface area contributed by atoms with Crippen molar-refractivity contribution in [2.24, 2.45) is 4.99 Å². The third kappa shape index (κ3) is 4.26. The van der Waals surface area contributed by atoms with Gasteiger partial charge in [0.1, 0.15) is 18.2 Å². The molecule has 32 heavy (non-hydrogen) atoms. The lowest BCUT2D eigenvalue weighted by Crippen LogP contribution is -2.38. The van der Waals surface area contributed by atoms with Gasteiger partial charge in [-0.05, 0) is 40.7 Å². The standard InChI is InChI=1S/C25H21FN2O3S/c26-21-8-4-2-6-18(21)16-31-22-10-9-17-5-1-3-7-19(17)20(22)15-23-24(29)27-25(32-23)28-11-13-30-14-12-28/h1-10,15H,11-14,16H2/b23-15+. The highest BCUT2D eigenvalue weighted by molar-refractivity contribution is 8.18. The van der Waals surface area contributed by atoms with Gasteiger partial charge in [-0.15, -0.1) is 0 Å². The predicted molar refractivity (Wildman–Crippen MR) is 125 cm³/mol. The van der Waals surface area contributed by atoms with Crippen LogP contribution in [-0.4, -0.2) is 42.3 Å². The third-order valence-corrected chi connectivity index (χ3v) is 6.48. The van der Waals surface area contributed by atoms with Crippen molar-refractivity contribution in [2.45, 2.75) is 6.61 Å². The Kier molecular flexibility index (Phi) is 5.92. The van der Waals surface area contributed by atoms with E-state index >= 15 is 0 Å². The topological polar surface area (TPSA) is 51.1 Å². The van der Waals surface area contributed by atoms with Gasteiger partial charge in [0.15, 0.2) is 5.17 Å². The molecule has 2 heterocycles. The molecule has 1 amide bonds. The second-order valence-corrected chi connectivity index (χ2v) is 8.50. The highest BCUT2D eigenvalue weighted by atomic mass is 32.2. The first kappa shape index (κ1) is 20.7. The fraction of sp³-hybridized carbons (Fsp3) is 0.200. The van der Waals surface area contributed by atoms with Gasteiger partial charge in [0.05, 0.1) is 18.1 Å². The van der Waals surface area contributed by atoms with Crippen molar-refractivity contribution < 1.29 is 18.7 Å². The molecule has 2 aliphatic rings. The SMILES string of the molecule is O=C1N=C(N2CCOCC2)S/C1=C/c1c(OCc2ccccc2F)ccc2ccccc12. The van der Waals surface area contributed by atoms with Crippen LogP contribution >= 0.6 is 11.8 Å². The fourth-order valence-corrected chi connectivity index (χ4v) is 4.69. The van der Waals surface area contributed by atoms with Crippen molar-refractivity contribution in [1.29, 1.82) is 0 Å². The van der Waals surface area contributed by atoms with Crippen molar-refractivity contribution >= 4 is 39.7 Å². The minimum absolute atomic E-state index is 0.0950. The van der Waals surface area contributed by atoms with E-state index in [2.05, 4.69) is 9.89 Å². The summed E-state index contributed by atoms with van der Waals surface area (Å²) < 4.78 is 25.5. The van der Waals surface area contributed by atoms with E-state index in [-0.39, 0.29) is 18.3 Å². The van der Waals surface area contributed by atoms with Gasteiger partial charge in [0.25, 0.3) is 5.91 Å². The molecular weight excluding hydrogens is 427 g/mol. The molecule has 0 radical (unpaired) electrons. The molecule has 3 aromatic rings. The largest absolute Gasteiger partial charge is 0.488 e. The summed E-state index contributed by atoms with van der Waals surface area (Å²) in [6.45, 7) is 2.79. The number of hydrogen-bond acceptors (Lipinski definition) is 5. The molecular formula is C25H21FN2O3S. The number of hydrogen-bond donors (Lipinski definition) is 0. The van der Waals surface area contributed by atoms with Crippen LogP contribution in [0.15, 0.2) is 70.6 Å². The molecule has 5 nitrogen and oxygen atoms in total. The molecule has 0 spiro atoms. The minimum atomic E-state index is -0.307. The molecule has 0 atom stereocenters. The zero-order valence-corrected chi connectivity index (χ0v) is 18.1. The number of carbonyl (C=O) groups is 1. The van der Waals surface area contributed by atoms with Gasteiger partial charge >= 0.3 is 0 Å². The average molecular weight is 449 g/mol. The number of benzene rings is 3. The van der Waals surface area contributed by atoms with E-state index in [1.807, 2.05) is 42.5 Å². The van der Waals surface area contributed by atoms with Crippen molar-refractivity contribution in [3.8, 4) is 5.75 Å². The Balaban J connectivity index is 1.47. The maximum absolute atomic E-state index is 14.1. The number of thioether (sulfide) groups is 1. The summed E-state index contributed by atoms with van der Waals surface area (Å²) in [5.74, 6) is 0.0235. The Morgan fingerprint density at radius 2 is 1.84 bits per heavy atom. The molecule has 5 rings (SSSR count). The first-order chi connectivity index (χ1) is 15.7. The summed E-state index contributed by atoms with van der Waals surface area (Å²) >= 11 is 1.37. The molecule has 1 fully saturated rings. The number of amides is 1. The molecule has 0 N–H and O–H groups in total. The van der Waals surface area contributed by atoms with Crippen LogP contribution in [0, 0.1) is 5.82 Å². The van der Waals surface area contributed by atoms with Gasteiger partial charge in [0, 0.05) is 24.2 Å². The van der Waals surface area contributed by atoms with E-state index in [0.29, 0.717) is 34.6 Å². The Bertz CT molecular complexity index is 1230. The summed E-state index contributed by atoms with van der Waals surface area (Å²) in [6, 6.07) is 18.3. The lowest BCUT2D eigenvalue weighted by atomic mass is 10.0. The third-order valence-electron chi connectivity index (χ3n) is 5.44. The van der Waals surface area contributed by atoms with Gasteiger partial charge in [-0.25, -0.2) is 4.39 Å². The maximum Gasteiger partial charge on any atom is 0.286 e. The molecule has 0 unspecified atom stereocenters. The molecule has 1 saturated heterocycles. The molecule has 0 saturated carbocycles. The Labute approximate surface area is 189 Å². The lowest BCUT2D eigenvalue weighted by Gasteiger charge is -2.27. The quantitative estimate of drug-likeness (QED) is 0.534. The van der Waals surface area contributed by atoms with Crippen molar-refractivity contribution in [2.75, 3.05) is 26.3 Å². The molecule has 0 aliphatic carbocycles. The van der Waals surface area contributed by atoms with Crippen LogP contribution in [0.25, 0.3) is 16.8 Å². The number of fused-ring (bicyclic) bond motifs is 1. The van der Waals surface area contributed by atoms with Crippen LogP contribution < -0.4 is 4.74 Å². The second kappa shape index (κ2) is 9.14. The smallest absolute Gasteiger partial charge is 0.286 e. The number of carbonyl (C=O) groups excluding carboxylic acids is 1. The summed E-state index contributed by atoms with van der Waals surface area (Å²) in [7, 11) is 0. The van der Waals surface area contributed by atoms with E-state index in [4.69, 9.17) is 9.47 Å². The fourth-order valence-electron chi connectivity index (χ4n) is 3.74. The number of amidine groups is 1. The van der Waals surface area contributed by atoms with E-state index in [1.165, 1.54) is 17.8 Å². The second-order valence-electron chi connectivity index (χ2n) is 7.49. The number of halogens is 1. The Morgan fingerprint density at radius 1 is 1.06 bits per heavy atom. The number of aliphatic imine (C=N–C) groups is 1. The maximum atomic E-state index is 14.1. The first-order valence-corrected chi connectivity index (χ1v) is 11.2. The predicted octanol–water partition coefficient (Wildman–Crippen LogP) is 4.86. The van der Waals surface area contributed by atoms with E-state index in [9.17, 15) is 9.18 Å². The zero-order chi connectivity index (χ0) is 21.9. The molecule has 2 aliphatic heterocycles. The number of rotatable bonds is 4. The molecule has 0 bridgehead atoms. The molecule has 3 aromatic carbocycles. The normalized spacial score (nSPS) is 17.8. The van der Waals surface area contributed by atoms with Crippen LogP contribution in [0.1, 0.15) is 11.1 Å². The summed E-state index contributed by atoms with van der Waals surface area (Å²) in [5, 5.41) is 2.69. The average Bonchev–Trinajstić information content (AvgIpc) is 3.20. The summed E-state index contributed by atoms with van der Waals surface area (Å²) in [5.41, 5.74) is 1.26. The van der Waals surface area contributed by atoms with Crippen molar-refractivity contribution in [3.05, 3.63) is 82.5 Å². The minimum Gasteiger partial charge on any atom is -0.488 e. The van der Waals surface area contributed by atoms with Gasteiger partial charge in [-0.3, -0.25) is 4.79 Å². The molecule has 162 valence electrons. The highest BCUT2D eigenvalue weighted by Crippen LogP contribution is 2.36. The van der Waals surface area contributed by atoms with Crippen molar-refractivity contribution in [3.63, 3.8) is 0 Å². The van der Waals surface area contributed by atoms with Gasteiger partial charge in [-0.1, -0.05) is 48.5 Å². The first-order valence-electron chi connectivity index (χ1n) is 10.4. The van der Waals surface area contributed by atoms with Crippen LogP contribution in [-0.2, 0) is 16.1 Å². The van der Waals surface area contributed by atoms with Crippen molar-refractivity contribution in [1.82, 2.24) is 4.90 Å². The van der Waals surface area contributed by atoms with Crippen LogP contribution in [0.2, 0.25) is 0 Å². The van der Waals surface area contributed by atoms with E-state index in [1.54, 1.807) is 18.2 Å². The summed E-state index contributed by atoms with van der Waals surface area (Å²) in [6.07, 6.45) is 1.84.